The molecule has 1 aliphatic heterocycles. The first-order valence-electron chi connectivity index (χ1n) is 8.90. The Hall–Kier alpha value is -2.12. The molecule has 4 rings (SSSR count). The smallest absolute Gasteiger partial charge is 0.227 e. The van der Waals surface area contributed by atoms with E-state index in [0.717, 1.165) is 27.0 Å². The van der Waals surface area contributed by atoms with E-state index in [0.29, 0.717) is 13.0 Å². The summed E-state index contributed by atoms with van der Waals surface area (Å²) in [5.41, 5.74) is 2.71. The number of furan rings is 1. The summed E-state index contributed by atoms with van der Waals surface area (Å²) >= 11 is 1.58. The van der Waals surface area contributed by atoms with Gasteiger partial charge in [-0.1, -0.05) is 18.2 Å². The molecule has 0 radical (unpaired) electrons. The van der Waals surface area contributed by atoms with Gasteiger partial charge in [0.2, 0.25) is 5.91 Å². The van der Waals surface area contributed by atoms with Crippen molar-refractivity contribution in [3.63, 3.8) is 0 Å². The van der Waals surface area contributed by atoms with E-state index < -0.39 is 9.84 Å². The van der Waals surface area contributed by atoms with E-state index in [2.05, 4.69) is 0 Å². The van der Waals surface area contributed by atoms with Gasteiger partial charge in [-0.3, -0.25) is 4.79 Å². The highest BCUT2D eigenvalue weighted by Gasteiger charge is 2.35. The molecule has 1 aromatic carbocycles. The number of rotatable bonds is 5. The summed E-state index contributed by atoms with van der Waals surface area (Å²) < 4.78 is 29.5. The molecule has 1 amide bonds. The highest BCUT2D eigenvalue weighted by molar-refractivity contribution is 7.91. The van der Waals surface area contributed by atoms with Crippen molar-refractivity contribution >= 4 is 38.1 Å². The topological polar surface area (TPSA) is 67.6 Å². The third kappa shape index (κ3) is 3.94. The second-order valence-corrected chi connectivity index (χ2v) is 10.4. The van der Waals surface area contributed by atoms with Gasteiger partial charge in [0, 0.05) is 21.9 Å². The fourth-order valence-corrected chi connectivity index (χ4v) is 6.04. The maximum absolute atomic E-state index is 13.1. The molecule has 1 unspecified atom stereocenters. The Morgan fingerprint density at radius 2 is 2.19 bits per heavy atom. The largest absolute Gasteiger partial charge is 0.464 e. The van der Waals surface area contributed by atoms with Gasteiger partial charge in [0.25, 0.3) is 0 Å². The summed E-state index contributed by atoms with van der Waals surface area (Å²) in [6, 6.07) is 9.59. The monoisotopic (exact) mass is 403 g/mol. The Kier molecular flexibility index (Phi) is 4.82. The summed E-state index contributed by atoms with van der Waals surface area (Å²) in [5, 5.41) is 2.90. The number of amides is 1. The van der Waals surface area contributed by atoms with Crippen molar-refractivity contribution in [1.29, 1.82) is 0 Å². The quantitative estimate of drug-likeness (QED) is 0.653. The van der Waals surface area contributed by atoms with Crippen molar-refractivity contribution < 1.29 is 17.6 Å². The standard InChI is InChI=1S/C20H21NO4S2/c1-14-4-5-18-15(12-25-19(18)9-14)10-20(22)21(11-17-3-2-7-26-17)16-6-8-27(23,24)13-16/h2-5,7,9,12,16H,6,8,10-11,13H2,1H3. The van der Waals surface area contributed by atoms with Crippen LogP contribution in [0.25, 0.3) is 11.0 Å². The number of fused-ring (bicyclic) bond motifs is 1. The van der Waals surface area contributed by atoms with Crippen molar-refractivity contribution in [2.24, 2.45) is 0 Å². The lowest BCUT2D eigenvalue weighted by atomic mass is 10.1. The molecule has 5 nitrogen and oxygen atoms in total. The minimum absolute atomic E-state index is 0.0510. The Morgan fingerprint density at radius 1 is 1.33 bits per heavy atom. The lowest BCUT2D eigenvalue weighted by molar-refractivity contribution is -0.133. The van der Waals surface area contributed by atoms with Crippen LogP contribution in [0, 0.1) is 6.92 Å². The number of hydrogen-bond donors (Lipinski definition) is 0. The lowest BCUT2D eigenvalue weighted by Gasteiger charge is -2.28. The molecule has 3 aromatic rings. The van der Waals surface area contributed by atoms with Gasteiger partial charge < -0.3 is 9.32 Å². The number of benzene rings is 1. The van der Waals surface area contributed by atoms with Crippen LogP contribution in [0.4, 0.5) is 0 Å². The number of carbonyl (C=O) groups is 1. The Morgan fingerprint density at radius 3 is 2.89 bits per heavy atom. The number of thiophene rings is 1. The maximum Gasteiger partial charge on any atom is 0.227 e. The van der Waals surface area contributed by atoms with Crippen LogP contribution >= 0.6 is 11.3 Å². The van der Waals surface area contributed by atoms with Crippen LogP contribution in [0.5, 0.6) is 0 Å². The van der Waals surface area contributed by atoms with Gasteiger partial charge in [0.05, 0.1) is 30.7 Å². The fourth-order valence-electron chi connectivity index (χ4n) is 3.60. The first-order valence-corrected chi connectivity index (χ1v) is 11.6. The third-order valence-corrected chi connectivity index (χ3v) is 7.64. The van der Waals surface area contributed by atoms with Gasteiger partial charge in [0.1, 0.15) is 5.58 Å². The van der Waals surface area contributed by atoms with Crippen molar-refractivity contribution in [3.05, 3.63) is 58.0 Å². The van der Waals surface area contributed by atoms with Crippen molar-refractivity contribution in [2.75, 3.05) is 11.5 Å². The maximum atomic E-state index is 13.1. The molecule has 7 heteroatoms. The van der Waals surface area contributed by atoms with Gasteiger partial charge in [-0.15, -0.1) is 11.3 Å². The number of carbonyl (C=O) groups excluding carboxylic acids is 1. The predicted octanol–water partition coefficient (Wildman–Crippen LogP) is 3.56. The minimum atomic E-state index is -3.06. The fraction of sp³-hybridized carbons (Fsp3) is 0.350. The molecule has 0 bridgehead atoms. The van der Waals surface area contributed by atoms with Gasteiger partial charge >= 0.3 is 0 Å². The molecular formula is C20H21NO4S2. The zero-order chi connectivity index (χ0) is 19.0. The van der Waals surface area contributed by atoms with Crippen molar-refractivity contribution in [2.45, 2.75) is 32.4 Å². The van der Waals surface area contributed by atoms with E-state index in [9.17, 15) is 13.2 Å². The Bertz CT molecular complexity index is 1070. The summed E-state index contributed by atoms with van der Waals surface area (Å²) in [4.78, 5) is 15.9. The average molecular weight is 404 g/mol. The van der Waals surface area contributed by atoms with Gasteiger partial charge in [-0.2, -0.15) is 0 Å². The molecule has 1 fully saturated rings. The molecule has 0 N–H and O–H groups in total. The zero-order valence-electron chi connectivity index (χ0n) is 15.1. The zero-order valence-corrected chi connectivity index (χ0v) is 16.7. The number of hydrogen-bond acceptors (Lipinski definition) is 5. The molecule has 3 heterocycles. The summed E-state index contributed by atoms with van der Waals surface area (Å²) in [6.45, 7) is 2.45. The van der Waals surface area contributed by atoms with E-state index in [-0.39, 0.29) is 29.9 Å². The molecule has 1 saturated heterocycles. The molecule has 27 heavy (non-hydrogen) atoms. The molecule has 0 spiro atoms. The van der Waals surface area contributed by atoms with Gasteiger partial charge in [0.15, 0.2) is 9.84 Å². The second kappa shape index (κ2) is 7.13. The van der Waals surface area contributed by atoms with Crippen LogP contribution in [0.1, 0.15) is 22.4 Å². The number of aryl methyl sites for hydroxylation is 1. The van der Waals surface area contributed by atoms with Crippen LogP contribution in [0.3, 0.4) is 0 Å². The first kappa shape index (κ1) is 18.3. The van der Waals surface area contributed by atoms with Crippen LogP contribution in [-0.2, 0) is 27.6 Å². The molecule has 0 aliphatic carbocycles. The predicted molar refractivity (Wildman–Crippen MR) is 107 cm³/mol. The summed E-state index contributed by atoms with van der Waals surface area (Å²) in [5.74, 6) is 0.142. The summed E-state index contributed by atoms with van der Waals surface area (Å²) in [7, 11) is -3.06. The van der Waals surface area contributed by atoms with E-state index in [1.54, 1.807) is 22.5 Å². The molecular weight excluding hydrogens is 382 g/mol. The highest BCUT2D eigenvalue weighted by Crippen LogP contribution is 2.26. The van der Waals surface area contributed by atoms with Gasteiger partial charge in [-0.25, -0.2) is 8.42 Å². The van der Waals surface area contributed by atoms with Gasteiger partial charge in [-0.05, 0) is 36.4 Å². The normalized spacial score (nSPS) is 18.8. The Balaban J connectivity index is 1.59. The molecule has 1 aliphatic rings. The first-order chi connectivity index (χ1) is 12.9. The molecule has 2 aromatic heterocycles. The SMILES string of the molecule is Cc1ccc2c(CC(=O)N(Cc3cccs3)C3CCS(=O)(=O)C3)coc2c1. The summed E-state index contributed by atoms with van der Waals surface area (Å²) in [6.07, 6.45) is 2.35. The van der Waals surface area contributed by atoms with E-state index >= 15 is 0 Å². The van der Waals surface area contributed by atoms with Crippen molar-refractivity contribution in [1.82, 2.24) is 4.90 Å². The van der Waals surface area contributed by atoms with Crippen LogP contribution in [-0.4, -0.2) is 36.8 Å². The highest BCUT2D eigenvalue weighted by atomic mass is 32.2. The third-order valence-electron chi connectivity index (χ3n) is 5.03. The van der Waals surface area contributed by atoms with E-state index in [4.69, 9.17) is 4.42 Å². The second-order valence-electron chi connectivity index (χ2n) is 7.10. The average Bonchev–Trinajstić information content (AvgIpc) is 3.33. The van der Waals surface area contributed by atoms with Crippen LogP contribution in [0.15, 0.2) is 46.4 Å². The van der Waals surface area contributed by atoms with E-state index in [1.807, 2.05) is 42.6 Å². The number of sulfone groups is 1. The molecule has 0 saturated carbocycles. The lowest BCUT2D eigenvalue weighted by Crippen LogP contribution is -2.41. The Labute approximate surface area is 162 Å². The number of nitrogens with zero attached hydrogens (tertiary/aromatic N) is 1. The molecule has 142 valence electrons. The van der Waals surface area contributed by atoms with Crippen molar-refractivity contribution in [3.8, 4) is 0 Å². The van der Waals surface area contributed by atoms with Crippen LogP contribution < -0.4 is 0 Å². The van der Waals surface area contributed by atoms with Crippen LogP contribution in [0.2, 0.25) is 0 Å². The van der Waals surface area contributed by atoms with E-state index in [1.165, 1.54) is 0 Å². The minimum Gasteiger partial charge on any atom is -0.464 e. The molecule has 1 atom stereocenters.